The molecule has 0 amide bonds. The van der Waals surface area contributed by atoms with E-state index in [0.717, 1.165) is 15.9 Å². The molecule has 0 aliphatic heterocycles. The molecule has 1 atom stereocenters. The fraction of sp³-hybridized carbons (Fsp3) is 0.538. The van der Waals surface area contributed by atoms with Gasteiger partial charge < -0.3 is 10.1 Å². The van der Waals surface area contributed by atoms with E-state index in [1.165, 1.54) is 0 Å². The molecule has 0 aliphatic carbocycles. The number of ether oxygens (including phenoxy) is 1. The summed E-state index contributed by atoms with van der Waals surface area (Å²) in [7, 11) is 0. The average molecular weight is 327 g/mol. The fourth-order valence-corrected chi connectivity index (χ4v) is 1.95. The van der Waals surface area contributed by atoms with Crippen molar-refractivity contribution >= 4 is 27.4 Å². The smallest absolute Gasteiger partial charge is 0.171 e. The Morgan fingerprint density at radius 3 is 2.89 bits per heavy atom. The van der Waals surface area contributed by atoms with Crippen molar-refractivity contribution in [3.63, 3.8) is 0 Å². The van der Waals surface area contributed by atoms with Crippen LogP contribution in [0.15, 0.2) is 22.9 Å². The zero-order chi connectivity index (χ0) is 14.0. The number of nitrogens with one attached hydrogen (secondary N) is 1. The van der Waals surface area contributed by atoms with Crippen LogP contribution in [-0.4, -0.2) is 32.8 Å². The monoisotopic (exact) mass is 326 g/mol. The molecule has 6 heteroatoms. The normalized spacial score (nSPS) is 13.7. The molecule has 2 rings (SSSR count). The first-order chi connectivity index (χ1) is 8.85. The van der Waals surface area contributed by atoms with E-state index in [-0.39, 0.29) is 11.6 Å². The number of hydrogen-bond acceptors (Lipinski definition) is 4. The topological polar surface area (TPSA) is 51.5 Å². The number of nitrogens with zero attached hydrogens (tertiary/aromatic N) is 3. The lowest BCUT2D eigenvalue weighted by Gasteiger charge is -2.23. The first-order valence-corrected chi connectivity index (χ1v) is 7.05. The molecule has 0 radical (unpaired) electrons. The van der Waals surface area contributed by atoms with Gasteiger partial charge in [-0.15, -0.1) is 0 Å². The van der Waals surface area contributed by atoms with Gasteiger partial charge >= 0.3 is 0 Å². The van der Waals surface area contributed by atoms with Gasteiger partial charge in [-0.3, -0.25) is 0 Å². The molecule has 0 bridgehead atoms. The van der Waals surface area contributed by atoms with E-state index in [0.29, 0.717) is 6.61 Å². The van der Waals surface area contributed by atoms with Crippen molar-refractivity contribution in [2.24, 2.45) is 0 Å². The molecule has 2 aromatic rings. The van der Waals surface area contributed by atoms with Crippen molar-refractivity contribution < 1.29 is 4.74 Å². The minimum Gasteiger partial charge on any atom is -0.374 e. The van der Waals surface area contributed by atoms with Crippen LogP contribution in [0.3, 0.4) is 0 Å². The van der Waals surface area contributed by atoms with Crippen LogP contribution in [0.5, 0.6) is 0 Å². The van der Waals surface area contributed by atoms with Gasteiger partial charge in [0, 0.05) is 12.2 Å². The van der Waals surface area contributed by atoms with Crippen LogP contribution in [0, 0.1) is 0 Å². The van der Waals surface area contributed by atoms with Crippen molar-refractivity contribution in [1.82, 2.24) is 14.6 Å². The summed E-state index contributed by atoms with van der Waals surface area (Å²) in [6.45, 7) is 8.86. The molecule has 104 valence electrons. The first-order valence-electron chi connectivity index (χ1n) is 6.25. The Kier molecular flexibility index (Phi) is 4.10. The van der Waals surface area contributed by atoms with Gasteiger partial charge in [-0.1, -0.05) is 0 Å². The number of rotatable bonds is 4. The average Bonchev–Trinajstić information content (AvgIpc) is 2.68. The molecule has 5 nitrogen and oxygen atoms in total. The van der Waals surface area contributed by atoms with Gasteiger partial charge in [0.25, 0.3) is 0 Å². The molecule has 1 N–H and O–H groups in total. The highest BCUT2D eigenvalue weighted by Gasteiger charge is 2.13. The van der Waals surface area contributed by atoms with Crippen LogP contribution in [0.1, 0.15) is 27.7 Å². The molecule has 19 heavy (non-hydrogen) atoms. The first kappa shape index (κ1) is 14.3. The van der Waals surface area contributed by atoms with E-state index >= 15 is 0 Å². The second-order valence-electron chi connectivity index (χ2n) is 5.54. The summed E-state index contributed by atoms with van der Waals surface area (Å²) in [5.74, 6) is 0.818. The SMILES string of the molecule is C[C@H](COC(C)(C)C)Nc1ccn2ncc(Br)c2n1. The second-order valence-corrected chi connectivity index (χ2v) is 6.40. The predicted molar refractivity (Wildman–Crippen MR) is 79.5 cm³/mol. The quantitative estimate of drug-likeness (QED) is 0.937. The summed E-state index contributed by atoms with van der Waals surface area (Å²) in [6.07, 6.45) is 3.62. The molecule has 0 saturated carbocycles. The van der Waals surface area contributed by atoms with E-state index < -0.39 is 0 Å². The number of fused-ring (bicyclic) bond motifs is 1. The van der Waals surface area contributed by atoms with Gasteiger partial charge in [-0.2, -0.15) is 5.10 Å². The van der Waals surface area contributed by atoms with E-state index in [1.54, 1.807) is 10.7 Å². The maximum absolute atomic E-state index is 5.74. The lowest BCUT2D eigenvalue weighted by molar-refractivity contribution is -0.00588. The van der Waals surface area contributed by atoms with E-state index in [2.05, 4.69) is 38.3 Å². The molecule has 0 unspecified atom stereocenters. The largest absolute Gasteiger partial charge is 0.374 e. The summed E-state index contributed by atoms with van der Waals surface area (Å²) in [5.41, 5.74) is 0.677. The Labute approximate surface area is 121 Å². The lowest BCUT2D eigenvalue weighted by atomic mass is 10.2. The van der Waals surface area contributed by atoms with Crippen LogP contribution < -0.4 is 5.32 Å². The van der Waals surface area contributed by atoms with Crippen molar-refractivity contribution in [2.45, 2.75) is 39.3 Å². The van der Waals surface area contributed by atoms with Crippen molar-refractivity contribution in [2.75, 3.05) is 11.9 Å². The van der Waals surface area contributed by atoms with Crippen LogP contribution in [0.4, 0.5) is 5.82 Å². The molecule has 0 spiro atoms. The third kappa shape index (κ3) is 3.91. The molecular weight excluding hydrogens is 308 g/mol. The third-order valence-corrected chi connectivity index (χ3v) is 3.05. The maximum Gasteiger partial charge on any atom is 0.171 e. The van der Waals surface area contributed by atoms with Gasteiger partial charge in [0.05, 0.1) is 22.9 Å². The number of aromatic nitrogens is 3. The Balaban J connectivity index is 2.02. The van der Waals surface area contributed by atoms with Crippen molar-refractivity contribution in [3.8, 4) is 0 Å². The van der Waals surface area contributed by atoms with E-state index in [4.69, 9.17) is 4.74 Å². The number of halogens is 1. The standard InChI is InChI=1S/C13H19BrN4O/c1-9(8-19-13(2,3)4)16-11-5-6-18-12(17-11)10(14)7-15-18/h5-7,9H,8H2,1-4H3,(H,16,17)/t9-/m1/s1. The highest BCUT2D eigenvalue weighted by molar-refractivity contribution is 9.10. The lowest BCUT2D eigenvalue weighted by Crippen LogP contribution is -2.29. The Morgan fingerprint density at radius 2 is 2.21 bits per heavy atom. The van der Waals surface area contributed by atoms with Crippen molar-refractivity contribution in [1.29, 1.82) is 0 Å². The van der Waals surface area contributed by atoms with Gasteiger partial charge in [0.2, 0.25) is 0 Å². The molecule has 0 fully saturated rings. The highest BCUT2D eigenvalue weighted by atomic mass is 79.9. The van der Waals surface area contributed by atoms with E-state index in [9.17, 15) is 0 Å². The number of anilines is 1. The molecule has 0 saturated heterocycles. The summed E-state index contributed by atoms with van der Waals surface area (Å²) in [6, 6.07) is 2.09. The fourth-order valence-electron chi connectivity index (χ4n) is 1.59. The van der Waals surface area contributed by atoms with Gasteiger partial charge in [-0.05, 0) is 49.7 Å². The second kappa shape index (κ2) is 5.46. The molecule has 2 aromatic heterocycles. The molecule has 0 aliphatic rings. The summed E-state index contributed by atoms with van der Waals surface area (Å²) in [5, 5.41) is 7.49. The minimum absolute atomic E-state index is 0.123. The van der Waals surface area contributed by atoms with Crippen LogP contribution in [0.25, 0.3) is 5.65 Å². The maximum atomic E-state index is 5.74. The Morgan fingerprint density at radius 1 is 1.47 bits per heavy atom. The molecule has 2 heterocycles. The Bertz CT molecular complexity index is 561. The predicted octanol–water partition coefficient (Wildman–Crippen LogP) is 3.11. The van der Waals surface area contributed by atoms with Gasteiger partial charge in [0.15, 0.2) is 5.65 Å². The number of hydrogen-bond donors (Lipinski definition) is 1. The van der Waals surface area contributed by atoms with Crippen LogP contribution in [0.2, 0.25) is 0 Å². The zero-order valence-corrected chi connectivity index (χ0v) is 13.2. The van der Waals surface area contributed by atoms with Gasteiger partial charge in [0.1, 0.15) is 5.82 Å². The Hall–Kier alpha value is -1.14. The highest BCUT2D eigenvalue weighted by Crippen LogP contribution is 2.17. The summed E-state index contributed by atoms with van der Waals surface area (Å²) in [4.78, 5) is 4.51. The third-order valence-electron chi connectivity index (χ3n) is 2.49. The van der Waals surface area contributed by atoms with Crippen molar-refractivity contribution in [3.05, 3.63) is 22.9 Å². The summed E-state index contributed by atoms with van der Waals surface area (Å²) < 4.78 is 8.35. The minimum atomic E-state index is -0.123. The van der Waals surface area contributed by atoms with E-state index in [1.807, 2.05) is 33.0 Å². The van der Waals surface area contributed by atoms with Crippen LogP contribution in [-0.2, 0) is 4.74 Å². The summed E-state index contributed by atoms with van der Waals surface area (Å²) >= 11 is 3.43. The van der Waals surface area contributed by atoms with Crippen LogP contribution >= 0.6 is 15.9 Å². The molecular formula is C13H19BrN4O. The molecule has 0 aromatic carbocycles. The zero-order valence-electron chi connectivity index (χ0n) is 11.6. The van der Waals surface area contributed by atoms with Gasteiger partial charge in [-0.25, -0.2) is 9.50 Å².